The van der Waals surface area contributed by atoms with Gasteiger partial charge in [-0.15, -0.1) is 0 Å². The third-order valence-electron chi connectivity index (χ3n) is 5.37. The largest absolute Gasteiger partial charge is 0.493 e. The molecule has 0 saturated heterocycles. The zero-order valence-electron chi connectivity index (χ0n) is 17.4. The van der Waals surface area contributed by atoms with Gasteiger partial charge in [-0.1, -0.05) is 30.3 Å². The predicted molar refractivity (Wildman–Crippen MR) is 123 cm³/mol. The molecule has 0 bridgehead atoms. The maximum atomic E-state index is 5.45. The molecule has 2 heterocycles. The monoisotopic (exact) mass is 410 g/mol. The molecule has 6 heteroatoms. The minimum atomic E-state index is 0.640. The van der Waals surface area contributed by atoms with Gasteiger partial charge in [0.2, 0.25) is 0 Å². The molecule has 0 aliphatic carbocycles. The van der Waals surface area contributed by atoms with Crippen molar-refractivity contribution in [2.24, 2.45) is 0 Å². The highest BCUT2D eigenvalue weighted by molar-refractivity contribution is 5.94. The van der Waals surface area contributed by atoms with Crippen LogP contribution in [-0.2, 0) is 6.54 Å². The number of methoxy groups -OCH3 is 2. The lowest BCUT2D eigenvalue weighted by Crippen LogP contribution is -1.99. The first-order chi connectivity index (χ1) is 15.2. The highest BCUT2D eigenvalue weighted by atomic mass is 16.5. The molecule has 5 aromatic rings. The number of nitrogens with zero attached hydrogens (tertiary/aromatic N) is 3. The highest BCUT2D eigenvalue weighted by Crippen LogP contribution is 2.34. The molecule has 0 spiro atoms. The van der Waals surface area contributed by atoms with Gasteiger partial charge in [-0.2, -0.15) is 0 Å². The van der Waals surface area contributed by atoms with Gasteiger partial charge in [-0.25, -0.2) is 9.97 Å². The van der Waals surface area contributed by atoms with Crippen LogP contribution in [0.2, 0.25) is 0 Å². The smallest absolute Gasteiger partial charge is 0.162 e. The lowest BCUT2D eigenvalue weighted by Gasteiger charge is -2.12. The normalized spacial score (nSPS) is 11.0. The first-order valence-electron chi connectivity index (χ1n) is 10.0. The summed E-state index contributed by atoms with van der Waals surface area (Å²) in [5.41, 5.74) is 4.21. The van der Waals surface area contributed by atoms with Crippen molar-refractivity contribution in [1.82, 2.24) is 14.5 Å². The van der Waals surface area contributed by atoms with Gasteiger partial charge in [0.1, 0.15) is 12.1 Å². The van der Waals surface area contributed by atoms with E-state index in [0.717, 1.165) is 23.1 Å². The van der Waals surface area contributed by atoms with Crippen LogP contribution in [0.1, 0.15) is 5.56 Å². The van der Waals surface area contributed by atoms with Crippen molar-refractivity contribution in [3.63, 3.8) is 0 Å². The molecule has 0 amide bonds. The Morgan fingerprint density at radius 1 is 0.871 bits per heavy atom. The Balaban J connectivity index is 1.47. The van der Waals surface area contributed by atoms with Gasteiger partial charge in [0.05, 0.1) is 19.7 Å². The molecule has 154 valence electrons. The third-order valence-corrected chi connectivity index (χ3v) is 5.37. The molecule has 0 aliphatic rings. The third kappa shape index (κ3) is 3.64. The summed E-state index contributed by atoms with van der Waals surface area (Å²) >= 11 is 0. The van der Waals surface area contributed by atoms with E-state index in [1.807, 2.05) is 18.2 Å². The fraction of sp³-hybridized carbons (Fsp3) is 0.120. The van der Waals surface area contributed by atoms with Crippen molar-refractivity contribution in [2.75, 3.05) is 19.5 Å². The minimum Gasteiger partial charge on any atom is -0.493 e. The van der Waals surface area contributed by atoms with Gasteiger partial charge >= 0.3 is 0 Å². The fourth-order valence-corrected chi connectivity index (χ4v) is 3.82. The Morgan fingerprint density at radius 2 is 1.68 bits per heavy atom. The molecular weight excluding hydrogens is 388 g/mol. The molecule has 3 aromatic carbocycles. The number of fused-ring (bicyclic) bond motifs is 2. The van der Waals surface area contributed by atoms with Gasteiger partial charge in [-0.05, 0) is 35.9 Å². The topological polar surface area (TPSA) is 61.2 Å². The summed E-state index contributed by atoms with van der Waals surface area (Å²) in [6.07, 6.45) is 3.67. The van der Waals surface area contributed by atoms with Crippen LogP contribution in [0.25, 0.3) is 21.8 Å². The molecule has 6 nitrogen and oxygen atoms in total. The number of hydrogen-bond acceptors (Lipinski definition) is 5. The maximum Gasteiger partial charge on any atom is 0.162 e. The number of aromatic nitrogens is 3. The Labute approximate surface area is 180 Å². The molecular formula is C25H22N4O2. The zero-order valence-corrected chi connectivity index (χ0v) is 17.4. The van der Waals surface area contributed by atoms with E-state index >= 15 is 0 Å². The van der Waals surface area contributed by atoms with Gasteiger partial charge in [-0.3, -0.25) is 0 Å². The molecule has 2 aromatic heterocycles. The van der Waals surface area contributed by atoms with Crippen LogP contribution in [0, 0.1) is 0 Å². The summed E-state index contributed by atoms with van der Waals surface area (Å²) in [5, 5.41) is 5.46. The van der Waals surface area contributed by atoms with Crippen LogP contribution in [-0.4, -0.2) is 28.8 Å². The number of rotatable bonds is 6. The van der Waals surface area contributed by atoms with Crippen molar-refractivity contribution in [2.45, 2.75) is 6.54 Å². The second-order valence-corrected chi connectivity index (χ2v) is 7.27. The van der Waals surface area contributed by atoms with Crippen LogP contribution in [0.15, 0.2) is 79.3 Å². The van der Waals surface area contributed by atoms with Crippen molar-refractivity contribution in [1.29, 1.82) is 0 Å². The van der Waals surface area contributed by atoms with Crippen LogP contribution in [0.5, 0.6) is 11.5 Å². The lowest BCUT2D eigenvalue weighted by atomic mass is 10.2. The average Bonchev–Trinajstić information content (AvgIpc) is 3.21. The standard InChI is InChI=1S/C25H22N4O2/c1-30-23-13-20-21(14-24(23)31-2)26-16-27-25(20)28-19-8-9-22-18(12-19)10-11-29(22)15-17-6-4-3-5-7-17/h3-14,16H,15H2,1-2H3,(H,26,27,28). The first kappa shape index (κ1) is 18.9. The van der Waals surface area contributed by atoms with Crippen molar-refractivity contribution in [3.8, 4) is 11.5 Å². The summed E-state index contributed by atoms with van der Waals surface area (Å²) in [7, 11) is 3.23. The van der Waals surface area contributed by atoms with Crippen LogP contribution >= 0.6 is 0 Å². The van der Waals surface area contributed by atoms with E-state index in [1.165, 1.54) is 16.5 Å². The molecule has 5 rings (SSSR count). The van der Waals surface area contributed by atoms with Crippen molar-refractivity contribution < 1.29 is 9.47 Å². The molecule has 0 radical (unpaired) electrons. The minimum absolute atomic E-state index is 0.640. The van der Waals surface area contributed by atoms with Gasteiger partial charge in [0.25, 0.3) is 0 Å². The molecule has 0 saturated carbocycles. The van der Waals surface area contributed by atoms with Crippen LogP contribution in [0.4, 0.5) is 11.5 Å². The number of benzene rings is 3. The summed E-state index contributed by atoms with van der Waals surface area (Å²) in [4.78, 5) is 8.82. The number of nitrogens with one attached hydrogen (secondary N) is 1. The maximum absolute atomic E-state index is 5.45. The number of ether oxygens (including phenoxy) is 2. The molecule has 31 heavy (non-hydrogen) atoms. The van der Waals surface area contributed by atoms with Gasteiger partial charge in [0.15, 0.2) is 11.5 Å². The molecule has 0 atom stereocenters. The summed E-state index contributed by atoms with van der Waals surface area (Å²) in [5.74, 6) is 2.00. The second-order valence-electron chi connectivity index (χ2n) is 7.27. The zero-order chi connectivity index (χ0) is 21.2. The second kappa shape index (κ2) is 7.99. The van der Waals surface area contributed by atoms with E-state index in [0.29, 0.717) is 17.3 Å². The number of anilines is 2. The summed E-state index contributed by atoms with van der Waals surface area (Å²) in [6.45, 7) is 0.843. The molecule has 0 unspecified atom stereocenters. The molecule has 0 fully saturated rings. The quantitative estimate of drug-likeness (QED) is 0.406. The van der Waals surface area contributed by atoms with Crippen molar-refractivity contribution >= 4 is 33.3 Å². The van der Waals surface area contributed by atoms with E-state index in [1.54, 1.807) is 20.5 Å². The van der Waals surface area contributed by atoms with Crippen LogP contribution in [0.3, 0.4) is 0 Å². The van der Waals surface area contributed by atoms with E-state index in [4.69, 9.17) is 9.47 Å². The van der Waals surface area contributed by atoms with Gasteiger partial charge < -0.3 is 19.4 Å². The predicted octanol–water partition coefficient (Wildman–Crippen LogP) is 5.39. The van der Waals surface area contributed by atoms with E-state index in [9.17, 15) is 0 Å². The molecule has 0 aliphatic heterocycles. The first-order valence-corrected chi connectivity index (χ1v) is 10.0. The Hall–Kier alpha value is -4.06. The van der Waals surface area contributed by atoms with E-state index in [-0.39, 0.29) is 0 Å². The van der Waals surface area contributed by atoms with Gasteiger partial charge in [0, 0.05) is 40.8 Å². The summed E-state index contributed by atoms with van der Waals surface area (Å²) < 4.78 is 13.1. The lowest BCUT2D eigenvalue weighted by molar-refractivity contribution is 0.356. The Morgan fingerprint density at radius 3 is 2.48 bits per heavy atom. The average molecular weight is 410 g/mol. The van der Waals surface area contributed by atoms with E-state index in [2.05, 4.69) is 74.6 Å². The SMILES string of the molecule is COc1cc2ncnc(Nc3ccc4c(ccn4Cc4ccccc4)c3)c2cc1OC. The Bertz CT molecular complexity index is 1360. The summed E-state index contributed by atoms with van der Waals surface area (Å²) in [6, 6.07) is 22.7. The van der Waals surface area contributed by atoms with Crippen LogP contribution < -0.4 is 14.8 Å². The molecule has 1 N–H and O–H groups in total. The fourth-order valence-electron chi connectivity index (χ4n) is 3.82. The number of hydrogen-bond donors (Lipinski definition) is 1. The highest BCUT2D eigenvalue weighted by Gasteiger charge is 2.11. The Kier molecular flexibility index (Phi) is 4.88. The van der Waals surface area contributed by atoms with Crippen molar-refractivity contribution in [3.05, 3.63) is 84.8 Å². The van der Waals surface area contributed by atoms with E-state index < -0.39 is 0 Å².